The molecule has 0 spiro atoms. The molecule has 2 rings (SSSR count). The Hall–Kier alpha value is -1.95. The van der Waals surface area contributed by atoms with E-state index in [0.29, 0.717) is 24.6 Å². The number of nitrogens with zero attached hydrogens (tertiary/aromatic N) is 2. The van der Waals surface area contributed by atoms with Crippen LogP contribution in [0.2, 0.25) is 0 Å². The van der Waals surface area contributed by atoms with Crippen molar-refractivity contribution in [1.29, 1.82) is 0 Å². The van der Waals surface area contributed by atoms with Gasteiger partial charge in [0.25, 0.3) is 11.6 Å². The number of likely N-dealkylation sites (tertiary alicyclic amines) is 1. The molecule has 6 nitrogen and oxygen atoms in total. The van der Waals surface area contributed by atoms with Crippen LogP contribution in [0.25, 0.3) is 0 Å². The molecule has 1 aliphatic heterocycles. The van der Waals surface area contributed by atoms with E-state index in [2.05, 4.69) is 0 Å². The first-order valence-electron chi connectivity index (χ1n) is 6.78. The Bertz CT molecular complexity index is 508. The van der Waals surface area contributed by atoms with Crippen molar-refractivity contribution in [3.05, 3.63) is 39.9 Å². The number of carbonyl (C=O) groups excluding carboxylic acids is 1. The lowest BCUT2D eigenvalue weighted by Crippen LogP contribution is -2.42. The second kappa shape index (κ2) is 6.00. The van der Waals surface area contributed by atoms with Gasteiger partial charge < -0.3 is 10.6 Å². The monoisotopic (exact) mass is 277 g/mol. The molecule has 1 amide bonds. The lowest BCUT2D eigenvalue weighted by molar-refractivity contribution is -0.384. The predicted octanol–water partition coefficient (Wildman–Crippen LogP) is 1.79. The molecule has 1 aliphatic rings. The van der Waals surface area contributed by atoms with Gasteiger partial charge in [-0.25, -0.2) is 0 Å². The van der Waals surface area contributed by atoms with E-state index in [0.717, 1.165) is 12.8 Å². The number of nitro groups is 1. The molecule has 0 saturated carbocycles. The quantitative estimate of drug-likeness (QED) is 0.673. The average molecular weight is 277 g/mol. The molecule has 0 radical (unpaired) electrons. The Morgan fingerprint density at radius 1 is 1.45 bits per heavy atom. The van der Waals surface area contributed by atoms with Crippen LogP contribution in [0.15, 0.2) is 24.3 Å². The van der Waals surface area contributed by atoms with E-state index in [-0.39, 0.29) is 17.6 Å². The van der Waals surface area contributed by atoms with Crippen LogP contribution in [0.4, 0.5) is 5.69 Å². The zero-order valence-corrected chi connectivity index (χ0v) is 11.5. The fourth-order valence-corrected chi connectivity index (χ4v) is 2.56. The van der Waals surface area contributed by atoms with Gasteiger partial charge in [-0.15, -0.1) is 0 Å². The maximum absolute atomic E-state index is 12.3. The number of hydrogen-bond acceptors (Lipinski definition) is 4. The van der Waals surface area contributed by atoms with Crippen LogP contribution < -0.4 is 5.73 Å². The molecule has 1 fully saturated rings. The van der Waals surface area contributed by atoms with Gasteiger partial charge >= 0.3 is 0 Å². The zero-order valence-electron chi connectivity index (χ0n) is 11.5. The minimum Gasteiger partial charge on any atom is -0.339 e. The van der Waals surface area contributed by atoms with Gasteiger partial charge in [-0.2, -0.15) is 0 Å². The molecule has 1 unspecified atom stereocenters. The molecule has 0 aromatic heterocycles. The summed E-state index contributed by atoms with van der Waals surface area (Å²) in [5.41, 5.74) is 6.19. The van der Waals surface area contributed by atoms with E-state index >= 15 is 0 Å². The average Bonchev–Trinajstić information content (AvgIpc) is 2.46. The molecule has 1 aromatic rings. The van der Waals surface area contributed by atoms with Gasteiger partial charge in [0, 0.05) is 36.8 Å². The number of carbonyl (C=O) groups is 1. The lowest BCUT2D eigenvalue weighted by Gasteiger charge is -2.33. The summed E-state index contributed by atoms with van der Waals surface area (Å²) < 4.78 is 0. The summed E-state index contributed by atoms with van der Waals surface area (Å²) in [6.07, 6.45) is 1.77. The summed E-state index contributed by atoms with van der Waals surface area (Å²) in [6.45, 7) is 3.31. The highest BCUT2D eigenvalue weighted by molar-refractivity contribution is 5.94. The van der Waals surface area contributed by atoms with Gasteiger partial charge in [-0.3, -0.25) is 14.9 Å². The second-order valence-electron chi connectivity index (χ2n) is 5.30. The maximum atomic E-state index is 12.3. The summed E-state index contributed by atoms with van der Waals surface area (Å²) >= 11 is 0. The van der Waals surface area contributed by atoms with Crippen LogP contribution in [0, 0.1) is 16.0 Å². The van der Waals surface area contributed by atoms with E-state index in [9.17, 15) is 14.9 Å². The molecule has 6 heteroatoms. The van der Waals surface area contributed by atoms with Crippen LogP contribution >= 0.6 is 0 Å². The smallest absolute Gasteiger partial charge is 0.270 e. The molecule has 108 valence electrons. The number of non-ortho nitro benzene ring substituents is 1. The number of nitro benzene ring substituents is 1. The summed E-state index contributed by atoms with van der Waals surface area (Å²) in [7, 11) is 0. The van der Waals surface area contributed by atoms with Crippen LogP contribution in [-0.2, 0) is 0 Å². The van der Waals surface area contributed by atoms with Crippen molar-refractivity contribution in [3.63, 3.8) is 0 Å². The maximum Gasteiger partial charge on any atom is 0.270 e. The molecule has 1 aromatic carbocycles. The summed E-state index contributed by atoms with van der Waals surface area (Å²) in [6, 6.07) is 6.02. The Balaban J connectivity index is 2.05. The van der Waals surface area contributed by atoms with Crippen molar-refractivity contribution >= 4 is 11.6 Å². The first-order chi connectivity index (χ1) is 9.49. The van der Waals surface area contributed by atoms with E-state index in [1.165, 1.54) is 12.1 Å². The number of amides is 1. The molecular formula is C14H19N3O3. The molecular weight excluding hydrogens is 258 g/mol. The standard InChI is InChI=1S/C14H19N3O3/c1-10(15)11-5-7-16(8-6-11)14(18)12-3-2-4-13(9-12)17(19)20/h2-4,9-11H,5-8,15H2,1H3. The summed E-state index contributed by atoms with van der Waals surface area (Å²) in [5, 5.41) is 10.7. The second-order valence-corrected chi connectivity index (χ2v) is 5.30. The highest BCUT2D eigenvalue weighted by atomic mass is 16.6. The largest absolute Gasteiger partial charge is 0.339 e. The highest BCUT2D eigenvalue weighted by Crippen LogP contribution is 2.22. The van der Waals surface area contributed by atoms with E-state index in [1.54, 1.807) is 17.0 Å². The fraction of sp³-hybridized carbons (Fsp3) is 0.500. The summed E-state index contributed by atoms with van der Waals surface area (Å²) in [4.78, 5) is 24.3. The van der Waals surface area contributed by atoms with E-state index in [1.807, 2.05) is 6.92 Å². The van der Waals surface area contributed by atoms with Gasteiger partial charge in [0.1, 0.15) is 0 Å². The zero-order chi connectivity index (χ0) is 14.7. The van der Waals surface area contributed by atoms with Crippen molar-refractivity contribution in [1.82, 2.24) is 4.90 Å². The number of hydrogen-bond donors (Lipinski definition) is 1. The molecule has 1 atom stereocenters. The highest BCUT2D eigenvalue weighted by Gasteiger charge is 2.26. The topological polar surface area (TPSA) is 89.5 Å². The van der Waals surface area contributed by atoms with Crippen LogP contribution in [0.3, 0.4) is 0 Å². The van der Waals surface area contributed by atoms with Gasteiger partial charge in [-0.05, 0) is 31.7 Å². The van der Waals surface area contributed by atoms with Gasteiger partial charge in [0.15, 0.2) is 0 Å². The molecule has 1 saturated heterocycles. The van der Waals surface area contributed by atoms with Crippen molar-refractivity contribution < 1.29 is 9.72 Å². The third kappa shape index (κ3) is 3.14. The predicted molar refractivity (Wildman–Crippen MR) is 75.4 cm³/mol. The number of nitrogens with two attached hydrogens (primary N) is 1. The van der Waals surface area contributed by atoms with Gasteiger partial charge in [-0.1, -0.05) is 6.07 Å². The molecule has 0 bridgehead atoms. The Morgan fingerprint density at radius 3 is 2.65 bits per heavy atom. The van der Waals surface area contributed by atoms with Crippen molar-refractivity contribution in [2.75, 3.05) is 13.1 Å². The van der Waals surface area contributed by atoms with Crippen LogP contribution in [-0.4, -0.2) is 34.9 Å². The normalized spacial score (nSPS) is 17.8. The minimum atomic E-state index is -0.487. The third-order valence-corrected chi connectivity index (χ3v) is 3.87. The number of benzene rings is 1. The van der Waals surface area contributed by atoms with Crippen LogP contribution in [0.5, 0.6) is 0 Å². The van der Waals surface area contributed by atoms with Crippen molar-refractivity contribution in [2.45, 2.75) is 25.8 Å². The SMILES string of the molecule is CC(N)C1CCN(C(=O)c2cccc([N+](=O)[O-])c2)CC1. The first kappa shape index (κ1) is 14.5. The Labute approximate surface area is 117 Å². The van der Waals surface area contributed by atoms with E-state index < -0.39 is 4.92 Å². The molecule has 1 heterocycles. The molecule has 2 N–H and O–H groups in total. The van der Waals surface area contributed by atoms with Crippen molar-refractivity contribution in [2.24, 2.45) is 11.7 Å². The molecule has 0 aliphatic carbocycles. The summed E-state index contributed by atoms with van der Waals surface area (Å²) in [5.74, 6) is 0.306. The van der Waals surface area contributed by atoms with Gasteiger partial charge in [0.2, 0.25) is 0 Å². The molecule has 20 heavy (non-hydrogen) atoms. The third-order valence-electron chi connectivity index (χ3n) is 3.87. The lowest BCUT2D eigenvalue weighted by atomic mass is 9.90. The Morgan fingerprint density at radius 2 is 2.10 bits per heavy atom. The minimum absolute atomic E-state index is 0.0543. The number of rotatable bonds is 3. The first-order valence-corrected chi connectivity index (χ1v) is 6.78. The number of piperidine rings is 1. The van der Waals surface area contributed by atoms with E-state index in [4.69, 9.17) is 5.73 Å². The van der Waals surface area contributed by atoms with Crippen LogP contribution in [0.1, 0.15) is 30.1 Å². The van der Waals surface area contributed by atoms with Crippen molar-refractivity contribution in [3.8, 4) is 0 Å². The Kier molecular flexibility index (Phi) is 4.34. The fourth-order valence-electron chi connectivity index (χ4n) is 2.56. The van der Waals surface area contributed by atoms with Gasteiger partial charge in [0.05, 0.1) is 4.92 Å².